The molecular formula is C17H24N4O2. The van der Waals surface area contributed by atoms with Crippen molar-refractivity contribution in [2.75, 3.05) is 19.8 Å². The zero-order chi connectivity index (χ0) is 16.5. The summed E-state index contributed by atoms with van der Waals surface area (Å²) < 4.78 is 7.16. The van der Waals surface area contributed by atoms with Crippen molar-refractivity contribution in [3.05, 3.63) is 54.1 Å². The van der Waals surface area contributed by atoms with Gasteiger partial charge in [0.05, 0.1) is 24.7 Å². The molecule has 0 bridgehead atoms. The highest BCUT2D eigenvalue weighted by Gasteiger charge is 2.15. The van der Waals surface area contributed by atoms with Crippen LogP contribution in [0, 0.1) is 0 Å². The zero-order valence-electron chi connectivity index (χ0n) is 13.4. The minimum absolute atomic E-state index is 0.178. The van der Waals surface area contributed by atoms with Crippen molar-refractivity contribution in [3.8, 4) is 0 Å². The number of aromatic nitrogens is 2. The van der Waals surface area contributed by atoms with Crippen LogP contribution in [0.25, 0.3) is 0 Å². The smallest absolute Gasteiger partial charge is 0.237 e. The molecule has 2 aromatic rings. The number of hydrogen-bond donors (Lipinski definition) is 2. The monoisotopic (exact) mass is 316 g/mol. The van der Waals surface area contributed by atoms with Crippen LogP contribution in [-0.2, 0) is 22.5 Å². The number of nitrogens with two attached hydrogens (primary N) is 1. The fourth-order valence-electron chi connectivity index (χ4n) is 2.23. The van der Waals surface area contributed by atoms with Crippen molar-refractivity contribution in [2.45, 2.75) is 25.9 Å². The van der Waals surface area contributed by atoms with E-state index < -0.39 is 6.04 Å². The topological polar surface area (TPSA) is 82.2 Å². The summed E-state index contributed by atoms with van der Waals surface area (Å²) in [5.74, 6) is -0.178. The summed E-state index contributed by atoms with van der Waals surface area (Å²) >= 11 is 0. The number of nitrogens with one attached hydrogen (secondary N) is 1. The number of amides is 1. The van der Waals surface area contributed by atoms with Crippen molar-refractivity contribution in [2.24, 2.45) is 5.73 Å². The first-order chi connectivity index (χ1) is 11.2. The van der Waals surface area contributed by atoms with E-state index >= 15 is 0 Å². The third kappa shape index (κ3) is 5.84. The zero-order valence-corrected chi connectivity index (χ0v) is 13.4. The van der Waals surface area contributed by atoms with Crippen LogP contribution in [0.3, 0.4) is 0 Å². The van der Waals surface area contributed by atoms with Crippen LogP contribution in [0.1, 0.15) is 18.2 Å². The number of carbonyl (C=O) groups is 1. The SMILES string of the molecule is CCOCCNC(=O)[C@@H](N)Cc1cn(Cc2ccccc2)cn1. The molecule has 0 spiro atoms. The quantitative estimate of drug-likeness (QED) is 0.675. The van der Waals surface area contributed by atoms with Gasteiger partial charge in [-0.25, -0.2) is 4.98 Å². The third-order valence-corrected chi connectivity index (χ3v) is 3.41. The molecule has 0 fully saturated rings. The summed E-state index contributed by atoms with van der Waals surface area (Å²) in [7, 11) is 0. The number of rotatable bonds is 9. The molecule has 0 unspecified atom stereocenters. The van der Waals surface area contributed by atoms with Crippen molar-refractivity contribution in [3.63, 3.8) is 0 Å². The molecule has 1 atom stereocenters. The van der Waals surface area contributed by atoms with E-state index in [1.165, 1.54) is 5.56 Å². The average Bonchev–Trinajstić information content (AvgIpc) is 2.99. The van der Waals surface area contributed by atoms with Gasteiger partial charge in [0.1, 0.15) is 0 Å². The fourth-order valence-corrected chi connectivity index (χ4v) is 2.23. The van der Waals surface area contributed by atoms with Crippen molar-refractivity contribution in [1.82, 2.24) is 14.9 Å². The number of imidazole rings is 1. The lowest BCUT2D eigenvalue weighted by atomic mass is 10.1. The lowest BCUT2D eigenvalue weighted by Gasteiger charge is -2.11. The average molecular weight is 316 g/mol. The van der Waals surface area contributed by atoms with Gasteiger partial charge in [-0.15, -0.1) is 0 Å². The summed E-state index contributed by atoms with van der Waals surface area (Å²) in [5.41, 5.74) is 7.94. The lowest BCUT2D eigenvalue weighted by molar-refractivity contribution is -0.122. The van der Waals surface area contributed by atoms with E-state index in [1.54, 1.807) is 6.33 Å². The second-order valence-electron chi connectivity index (χ2n) is 5.32. The highest BCUT2D eigenvalue weighted by atomic mass is 16.5. The standard InChI is InChI=1S/C17H24N4O2/c1-2-23-9-8-19-17(22)16(18)10-15-12-21(13-20-15)11-14-6-4-3-5-7-14/h3-7,12-13,16H,2,8-11,18H2,1H3,(H,19,22)/t16-/m0/s1. The molecule has 0 radical (unpaired) electrons. The number of nitrogens with zero attached hydrogens (tertiary/aromatic N) is 2. The molecular weight excluding hydrogens is 292 g/mol. The van der Waals surface area contributed by atoms with E-state index in [0.717, 1.165) is 12.2 Å². The second kappa shape index (κ2) is 9.07. The van der Waals surface area contributed by atoms with Gasteiger partial charge in [-0.1, -0.05) is 30.3 Å². The van der Waals surface area contributed by atoms with Gasteiger partial charge in [0.2, 0.25) is 5.91 Å². The Bertz CT molecular complexity index is 598. The van der Waals surface area contributed by atoms with E-state index in [9.17, 15) is 4.79 Å². The molecule has 1 amide bonds. The fraction of sp³-hybridized carbons (Fsp3) is 0.412. The largest absolute Gasteiger partial charge is 0.380 e. The molecule has 1 aromatic carbocycles. The molecule has 0 aliphatic rings. The Hall–Kier alpha value is -2.18. The summed E-state index contributed by atoms with van der Waals surface area (Å²) in [5, 5.41) is 2.76. The maximum absolute atomic E-state index is 11.9. The predicted octanol–water partition coefficient (Wildman–Crippen LogP) is 0.954. The third-order valence-electron chi connectivity index (χ3n) is 3.41. The number of benzene rings is 1. The van der Waals surface area contributed by atoms with Gasteiger partial charge in [0, 0.05) is 32.3 Å². The molecule has 6 nitrogen and oxygen atoms in total. The van der Waals surface area contributed by atoms with Gasteiger partial charge < -0.3 is 20.4 Å². The van der Waals surface area contributed by atoms with Gasteiger partial charge in [0.25, 0.3) is 0 Å². The minimum Gasteiger partial charge on any atom is -0.380 e. The number of carbonyl (C=O) groups excluding carboxylic acids is 1. The maximum Gasteiger partial charge on any atom is 0.237 e. The summed E-state index contributed by atoms with van der Waals surface area (Å²) in [4.78, 5) is 16.2. The Balaban J connectivity index is 1.80. The summed E-state index contributed by atoms with van der Waals surface area (Å²) in [6, 6.07) is 9.54. The first-order valence-corrected chi connectivity index (χ1v) is 7.84. The molecule has 6 heteroatoms. The van der Waals surface area contributed by atoms with Gasteiger partial charge in [-0.3, -0.25) is 4.79 Å². The minimum atomic E-state index is -0.600. The Morgan fingerprint density at radius 2 is 2.17 bits per heavy atom. The maximum atomic E-state index is 11.9. The Labute approximate surface area is 136 Å². The molecule has 2 rings (SSSR count). The van der Waals surface area contributed by atoms with E-state index in [4.69, 9.17) is 10.5 Å². The highest BCUT2D eigenvalue weighted by molar-refractivity contribution is 5.81. The van der Waals surface area contributed by atoms with Crippen molar-refractivity contribution >= 4 is 5.91 Å². The molecule has 0 aliphatic carbocycles. The Morgan fingerprint density at radius 1 is 1.39 bits per heavy atom. The second-order valence-corrected chi connectivity index (χ2v) is 5.32. The van der Waals surface area contributed by atoms with Crippen LogP contribution in [0.4, 0.5) is 0 Å². The molecule has 0 aliphatic heterocycles. The number of hydrogen-bond acceptors (Lipinski definition) is 4. The van der Waals surface area contributed by atoms with E-state index in [-0.39, 0.29) is 5.91 Å². The molecule has 124 valence electrons. The van der Waals surface area contributed by atoms with Crippen LogP contribution in [-0.4, -0.2) is 41.3 Å². The van der Waals surface area contributed by atoms with Gasteiger partial charge in [-0.05, 0) is 12.5 Å². The van der Waals surface area contributed by atoms with Crippen LogP contribution in [0.5, 0.6) is 0 Å². The van der Waals surface area contributed by atoms with Crippen LogP contribution >= 0.6 is 0 Å². The molecule has 1 heterocycles. The van der Waals surface area contributed by atoms with Crippen molar-refractivity contribution in [1.29, 1.82) is 0 Å². The predicted molar refractivity (Wildman–Crippen MR) is 89.0 cm³/mol. The Morgan fingerprint density at radius 3 is 2.91 bits per heavy atom. The van der Waals surface area contributed by atoms with Crippen LogP contribution < -0.4 is 11.1 Å². The van der Waals surface area contributed by atoms with Crippen LogP contribution in [0.2, 0.25) is 0 Å². The van der Waals surface area contributed by atoms with E-state index in [2.05, 4.69) is 22.4 Å². The van der Waals surface area contributed by atoms with Crippen molar-refractivity contribution < 1.29 is 9.53 Å². The highest BCUT2D eigenvalue weighted by Crippen LogP contribution is 2.05. The van der Waals surface area contributed by atoms with Crippen LogP contribution in [0.15, 0.2) is 42.9 Å². The number of ether oxygens (including phenoxy) is 1. The van der Waals surface area contributed by atoms with Gasteiger partial charge in [0.15, 0.2) is 0 Å². The van der Waals surface area contributed by atoms with Gasteiger partial charge >= 0.3 is 0 Å². The van der Waals surface area contributed by atoms with E-state index in [0.29, 0.717) is 26.2 Å². The summed E-state index contributed by atoms with van der Waals surface area (Å²) in [6.45, 7) is 4.28. The van der Waals surface area contributed by atoms with Gasteiger partial charge in [-0.2, -0.15) is 0 Å². The normalized spacial score (nSPS) is 12.1. The molecule has 0 saturated carbocycles. The molecule has 0 saturated heterocycles. The van der Waals surface area contributed by atoms with E-state index in [1.807, 2.05) is 35.9 Å². The first-order valence-electron chi connectivity index (χ1n) is 7.84. The Kier molecular flexibility index (Phi) is 6.77. The molecule has 3 N–H and O–H groups in total. The first kappa shape index (κ1) is 17.2. The molecule has 23 heavy (non-hydrogen) atoms. The molecule has 1 aromatic heterocycles. The lowest BCUT2D eigenvalue weighted by Crippen LogP contribution is -2.43. The summed E-state index contributed by atoms with van der Waals surface area (Å²) in [6.07, 6.45) is 4.12.